The molecule has 1 aliphatic rings. The number of urea groups is 1. The highest BCUT2D eigenvalue weighted by atomic mass is 32.1. The van der Waals surface area contributed by atoms with Crippen LogP contribution in [0.25, 0.3) is 10.2 Å². The number of benzene rings is 2. The number of carbonyl (C=O) groups excluding carboxylic acids is 2. The number of nitrogens with one attached hydrogen (secondary N) is 1. The molecule has 0 radical (unpaired) electrons. The summed E-state index contributed by atoms with van der Waals surface area (Å²) < 4.78 is 1.10. The Morgan fingerprint density at radius 3 is 2.65 bits per heavy atom. The first kappa shape index (κ1) is 16.5. The van der Waals surface area contributed by atoms with E-state index in [1.54, 1.807) is 21.1 Å². The number of para-hydroxylation sites is 2. The van der Waals surface area contributed by atoms with E-state index in [0.29, 0.717) is 19.6 Å². The summed E-state index contributed by atoms with van der Waals surface area (Å²) in [4.78, 5) is 32.5. The van der Waals surface area contributed by atoms with Crippen LogP contribution in [-0.4, -0.2) is 41.5 Å². The lowest BCUT2D eigenvalue weighted by Crippen LogP contribution is -2.39. The molecule has 0 aliphatic carbocycles. The predicted molar refractivity (Wildman–Crippen MR) is 102 cm³/mol. The first-order valence-electron chi connectivity index (χ1n) is 8.43. The second kappa shape index (κ2) is 7.13. The van der Waals surface area contributed by atoms with Gasteiger partial charge >= 0.3 is 6.03 Å². The second-order valence-corrected chi connectivity index (χ2v) is 7.16. The first-order chi connectivity index (χ1) is 12.7. The number of thiazole rings is 1. The molecular weight excluding hydrogens is 348 g/mol. The maximum Gasteiger partial charge on any atom is 0.325 e. The monoisotopic (exact) mass is 366 g/mol. The summed E-state index contributed by atoms with van der Waals surface area (Å²) in [6, 6.07) is 17.3. The number of aromatic nitrogens is 1. The summed E-state index contributed by atoms with van der Waals surface area (Å²) in [5, 5.41) is 3.72. The van der Waals surface area contributed by atoms with Crippen LogP contribution in [0.2, 0.25) is 0 Å². The van der Waals surface area contributed by atoms with Crippen molar-refractivity contribution in [2.75, 3.05) is 24.5 Å². The molecule has 1 N–H and O–H groups in total. The van der Waals surface area contributed by atoms with Crippen molar-refractivity contribution >= 4 is 39.2 Å². The summed E-state index contributed by atoms with van der Waals surface area (Å²) in [7, 11) is 0. The molecular formula is C19H18N4O2S. The van der Waals surface area contributed by atoms with Gasteiger partial charge in [-0.05, 0) is 24.3 Å². The third-order valence-corrected chi connectivity index (χ3v) is 5.31. The van der Waals surface area contributed by atoms with E-state index in [1.807, 2.05) is 54.6 Å². The van der Waals surface area contributed by atoms with E-state index >= 15 is 0 Å². The minimum absolute atomic E-state index is 0.0626. The van der Waals surface area contributed by atoms with Crippen molar-refractivity contribution in [2.24, 2.45) is 0 Å². The number of nitrogens with zero attached hydrogens (tertiary/aromatic N) is 3. The van der Waals surface area contributed by atoms with Crippen LogP contribution in [0, 0.1) is 0 Å². The van der Waals surface area contributed by atoms with E-state index in [-0.39, 0.29) is 18.5 Å². The summed E-state index contributed by atoms with van der Waals surface area (Å²) in [6.45, 7) is 1.58. The molecule has 1 saturated heterocycles. The molecule has 26 heavy (non-hydrogen) atoms. The Bertz CT molecular complexity index is 908. The van der Waals surface area contributed by atoms with Gasteiger partial charge in [-0.2, -0.15) is 0 Å². The number of rotatable bonds is 5. The van der Waals surface area contributed by atoms with Gasteiger partial charge in [0.05, 0.1) is 16.8 Å². The standard InChI is InChI=1S/C19H18N4O2S/c24-17(20-12-18-21-15-8-4-5-9-16(15)26-18)13-22-10-11-23(19(22)25)14-6-2-1-3-7-14/h1-9H,10-13H2,(H,20,24). The normalized spacial score (nSPS) is 14.2. The van der Waals surface area contributed by atoms with E-state index in [2.05, 4.69) is 10.3 Å². The Hall–Kier alpha value is -2.93. The van der Waals surface area contributed by atoms with E-state index in [1.165, 1.54) is 0 Å². The molecule has 6 nitrogen and oxygen atoms in total. The van der Waals surface area contributed by atoms with Crippen LogP contribution in [0.3, 0.4) is 0 Å². The van der Waals surface area contributed by atoms with Crippen molar-refractivity contribution in [1.82, 2.24) is 15.2 Å². The predicted octanol–water partition coefficient (Wildman–Crippen LogP) is 2.85. The fraction of sp³-hybridized carbons (Fsp3) is 0.211. The van der Waals surface area contributed by atoms with Crippen molar-refractivity contribution in [3.8, 4) is 0 Å². The van der Waals surface area contributed by atoms with Crippen molar-refractivity contribution in [1.29, 1.82) is 0 Å². The Balaban J connectivity index is 1.33. The second-order valence-electron chi connectivity index (χ2n) is 6.04. The van der Waals surface area contributed by atoms with Crippen LogP contribution in [0.5, 0.6) is 0 Å². The fourth-order valence-corrected chi connectivity index (χ4v) is 3.88. The Kier molecular flexibility index (Phi) is 4.53. The number of amides is 3. The molecule has 7 heteroatoms. The number of fused-ring (bicyclic) bond motifs is 1. The van der Waals surface area contributed by atoms with Gasteiger partial charge in [0, 0.05) is 18.8 Å². The Morgan fingerprint density at radius 1 is 1.08 bits per heavy atom. The van der Waals surface area contributed by atoms with Gasteiger partial charge in [0.15, 0.2) is 0 Å². The lowest BCUT2D eigenvalue weighted by molar-refractivity contribution is -0.121. The highest BCUT2D eigenvalue weighted by Crippen LogP contribution is 2.21. The SMILES string of the molecule is O=C(CN1CCN(c2ccccc2)C1=O)NCc1nc2ccccc2s1. The maximum absolute atomic E-state index is 12.5. The van der Waals surface area contributed by atoms with Crippen LogP contribution < -0.4 is 10.2 Å². The van der Waals surface area contributed by atoms with Gasteiger partial charge in [-0.1, -0.05) is 30.3 Å². The smallest absolute Gasteiger partial charge is 0.325 e. The summed E-state index contributed by atoms with van der Waals surface area (Å²) >= 11 is 1.57. The zero-order chi connectivity index (χ0) is 17.9. The average molecular weight is 366 g/mol. The molecule has 0 saturated carbocycles. The molecule has 1 fully saturated rings. The lowest BCUT2D eigenvalue weighted by atomic mass is 10.3. The van der Waals surface area contributed by atoms with Crippen molar-refractivity contribution in [3.63, 3.8) is 0 Å². The number of hydrogen-bond acceptors (Lipinski definition) is 4. The third-order valence-electron chi connectivity index (χ3n) is 4.27. The molecule has 3 amide bonds. The highest BCUT2D eigenvalue weighted by molar-refractivity contribution is 7.18. The van der Waals surface area contributed by atoms with Crippen LogP contribution in [0.4, 0.5) is 10.5 Å². The number of anilines is 1. The van der Waals surface area contributed by atoms with E-state index < -0.39 is 0 Å². The topological polar surface area (TPSA) is 65.5 Å². The minimum atomic E-state index is -0.174. The van der Waals surface area contributed by atoms with Gasteiger partial charge in [0.25, 0.3) is 0 Å². The fourth-order valence-electron chi connectivity index (χ4n) is 2.98. The molecule has 0 unspecified atom stereocenters. The van der Waals surface area contributed by atoms with Crippen LogP contribution in [0.1, 0.15) is 5.01 Å². The quantitative estimate of drug-likeness (QED) is 0.755. The van der Waals surface area contributed by atoms with Gasteiger partial charge in [-0.3, -0.25) is 9.69 Å². The molecule has 0 spiro atoms. The van der Waals surface area contributed by atoms with Gasteiger partial charge in [0.1, 0.15) is 11.6 Å². The molecule has 1 aromatic heterocycles. The Labute approximate surface area is 155 Å². The zero-order valence-corrected chi connectivity index (χ0v) is 14.9. The molecule has 2 heterocycles. The maximum atomic E-state index is 12.5. The van der Waals surface area contributed by atoms with Crippen molar-refractivity contribution in [3.05, 3.63) is 59.6 Å². The van der Waals surface area contributed by atoms with Crippen molar-refractivity contribution in [2.45, 2.75) is 6.54 Å². The minimum Gasteiger partial charge on any atom is -0.348 e. The zero-order valence-electron chi connectivity index (χ0n) is 14.1. The van der Waals surface area contributed by atoms with E-state index in [4.69, 9.17) is 0 Å². The molecule has 3 aromatic rings. The van der Waals surface area contributed by atoms with Crippen LogP contribution >= 0.6 is 11.3 Å². The lowest BCUT2D eigenvalue weighted by Gasteiger charge is -2.18. The average Bonchev–Trinajstić information content (AvgIpc) is 3.24. The van der Waals surface area contributed by atoms with Gasteiger partial charge in [-0.15, -0.1) is 11.3 Å². The largest absolute Gasteiger partial charge is 0.348 e. The Morgan fingerprint density at radius 2 is 1.85 bits per heavy atom. The molecule has 0 bridgehead atoms. The third kappa shape index (κ3) is 3.39. The summed E-state index contributed by atoms with van der Waals surface area (Å²) in [5.74, 6) is -0.174. The van der Waals surface area contributed by atoms with E-state index in [0.717, 1.165) is 20.9 Å². The van der Waals surface area contributed by atoms with Crippen LogP contribution in [0.15, 0.2) is 54.6 Å². The first-order valence-corrected chi connectivity index (χ1v) is 9.25. The number of carbonyl (C=O) groups is 2. The molecule has 0 atom stereocenters. The number of hydrogen-bond donors (Lipinski definition) is 1. The van der Waals surface area contributed by atoms with Gasteiger partial charge in [-0.25, -0.2) is 9.78 Å². The van der Waals surface area contributed by atoms with Gasteiger partial charge < -0.3 is 10.2 Å². The van der Waals surface area contributed by atoms with Gasteiger partial charge in [0.2, 0.25) is 5.91 Å². The van der Waals surface area contributed by atoms with Crippen molar-refractivity contribution < 1.29 is 9.59 Å². The van der Waals surface area contributed by atoms with E-state index in [9.17, 15) is 9.59 Å². The molecule has 132 valence electrons. The highest BCUT2D eigenvalue weighted by Gasteiger charge is 2.30. The summed E-state index contributed by atoms with van der Waals surface area (Å²) in [6.07, 6.45) is 0. The summed E-state index contributed by atoms with van der Waals surface area (Å²) in [5.41, 5.74) is 1.80. The van der Waals surface area contributed by atoms with Crippen LogP contribution in [-0.2, 0) is 11.3 Å². The molecule has 4 rings (SSSR count). The molecule has 1 aliphatic heterocycles. The molecule has 2 aromatic carbocycles.